The van der Waals surface area contributed by atoms with E-state index in [1.165, 1.54) is 39.1 Å². The number of aromatic nitrogens is 4. The van der Waals surface area contributed by atoms with Gasteiger partial charge < -0.3 is 0 Å². The van der Waals surface area contributed by atoms with Crippen molar-refractivity contribution in [2.75, 3.05) is 0 Å². The van der Waals surface area contributed by atoms with Crippen molar-refractivity contribution in [3.63, 3.8) is 0 Å². The van der Waals surface area contributed by atoms with Gasteiger partial charge in [0.25, 0.3) is 0 Å². The number of hydrogen-bond acceptors (Lipinski definition) is 3. The average molecular weight is 396 g/mol. The second-order valence-corrected chi connectivity index (χ2v) is 8.48. The normalized spacial score (nSPS) is 13.5. The molecule has 0 saturated carbocycles. The average Bonchev–Trinajstić information content (AvgIpc) is 3.48. The molecule has 4 aromatic heterocycles. The van der Waals surface area contributed by atoms with Gasteiger partial charge in [0.15, 0.2) is 5.65 Å². The summed E-state index contributed by atoms with van der Waals surface area (Å²) < 4.78 is 2.31. The molecule has 2 aliphatic rings. The summed E-state index contributed by atoms with van der Waals surface area (Å²) in [4.78, 5) is 14.6. The lowest BCUT2D eigenvalue weighted by Crippen LogP contribution is -1.97. The highest BCUT2D eigenvalue weighted by molar-refractivity contribution is 6.09. The molecule has 0 radical (unpaired) electrons. The van der Waals surface area contributed by atoms with Crippen LogP contribution in [0.25, 0.3) is 50.0 Å². The van der Waals surface area contributed by atoms with Crippen LogP contribution in [0.4, 0.5) is 0 Å². The predicted molar refractivity (Wildman–Crippen MR) is 122 cm³/mol. The molecule has 4 heteroatoms. The van der Waals surface area contributed by atoms with Gasteiger partial charge in [-0.3, -0.25) is 14.4 Å². The first-order valence-corrected chi connectivity index (χ1v) is 10.6. The van der Waals surface area contributed by atoms with Crippen LogP contribution in [-0.4, -0.2) is 19.4 Å². The minimum absolute atomic E-state index is 0.859. The number of fused-ring (bicyclic) bond motifs is 14. The van der Waals surface area contributed by atoms with Crippen LogP contribution in [-0.2, 0) is 12.8 Å². The quantitative estimate of drug-likeness (QED) is 0.315. The van der Waals surface area contributed by atoms with Crippen LogP contribution in [0.2, 0.25) is 0 Å². The van der Waals surface area contributed by atoms with E-state index in [4.69, 9.17) is 15.0 Å². The second-order valence-electron chi connectivity index (χ2n) is 8.48. The van der Waals surface area contributed by atoms with Crippen LogP contribution in [0.3, 0.4) is 0 Å². The fourth-order valence-electron chi connectivity index (χ4n) is 5.66. The summed E-state index contributed by atoms with van der Waals surface area (Å²) >= 11 is 0. The minimum Gasteiger partial charge on any atom is -0.288 e. The molecule has 0 bridgehead atoms. The maximum atomic E-state index is 5.14. The zero-order valence-electron chi connectivity index (χ0n) is 16.6. The van der Waals surface area contributed by atoms with Gasteiger partial charge in [0.05, 0.1) is 22.4 Å². The van der Waals surface area contributed by atoms with Gasteiger partial charge in [-0.2, -0.15) is 0 Å². The highest BCUT2D eigenvalue weighted by Crippen LogP contribution is 2.49. The van der Waals surface area contributed by atoms with Gasteiger partial charge in [-0.25, -0.2) is 4.98 Å². The lowest BCUT2D eigenvalue weighted by Gasteiger charge is -2.13. The zero-order valence-corrected chi connectivity index (χ0v) is 16.6. The van der Waals surface area contributed by atoms with E-state index in [0.29, 0.717) is 0 Å². The van der Waals surface area contributed by atoms with Crippen molar-refractivity contribution in [1.82, 2.24) is 19.4 Å². The molecule has 4 nitrogen and oxygen atoms in total. The molecule has 6 aromatic rings. The topological polar surface area (TPSA) is 43.1 Å². The third-order valence-corrected chi connectivity index (χ3v) is 6.89. The highest BCUT2D eigenvalue weighted by Gasteiger charge is 2.33. The SMILES string of the molecule is c1ccc2c(c1)Cc1ccc3c(c1-2)-c1c(nc2c4ncccc4c4ncccc4n12)C3. The Bertz CT molecular complexity index is 1740. The molecule has 0 spiro atoms. The lowest BCUT2D eigenvalue weighted by molar-refractivity contribution is 1.16. The van der Waals surface area contributed by atoms with Crippen molar-refractivity contribution in [1.29, 1.82) is 0 Å². The zero-order chi connectivity index (χ0) is 20.1. The summed E-state index contributed by atoms with van der Waals surface area (Å²) in [7, 11) is 0. The van der Waals surface area contributed by atoms with E-state index in [0.717, 1.165) is 46.1 Å². The number of benzene rings is 2. The molecule has 0 amide bonds. The van der Waals surface area contributed by atoms with E-state index in [1.807, 2.05) is 24.5 Å². The van der Waals surface area contributed by atoms with Crippen molar-refractivity contribution >= 4 is 27.6 Å². The third-order valence-electron chi connectivity index (χ3n) is 6.89. The Kier molecular flexibility index (Phi) is 2.72. The van der Waals surface area contributed by atoms with Crippen molar-refractivity contribution in [3.8, 4) is 22.4 Å². The summed E-state index contributed by atoms with van der Waals surface area (Å²) in [5.41, 5.74) is 14.5. The summed E-state index contributed by atoms with van der Waals surface area (Å²) in [5.74, 6) is 0. The van der Waals surface area contributed by atoms with E-state index in [2.05, 4.69) is 52.9 Å². The van der Waals surface area contributed by atoms with Gasteiger partial charge in [-0.05, 0) is 58.5 Å². The van der Waals surface area contributed by atoms with Gasteiger partial charge in [0, 0.05) is 29.8 Å². The molecule has 0 aliphatic heterocycles. The van der Waals surface area contributed by atoms with Crippen molar-refractivity contribution in [2.24, 2.45) is 0 Å². The van der Waals surface area contributed by atoms with Crippen molar-refractivity contribution in [3.05, 3.63) is 95.4 Å². The Morgan fingerprint density at radius 3 is 2.42 bits per heavy atom. The number of pyridine rings is 3. The molecule has 8 rings (SSSR count). The van der Waals surface area contributed by atoms with Crippen LogP contribution in [0.5, 0.6) is 0 Å². The Morgan fingerprint density at radius 1 is 0.677 bits per heavy atom. The third kappa shape index (κ3) is 1.84. The maximum absolute atomic E-state index is 5.14. The molecular weight excluding hydrogens is 380 g/mol. The van der Waals surface area contributed by atoms with Gasteiger partial charge in [0.1, 0.15) is 5.52 Å². The Morgan fingerprint density at radius 2 is 1.48 bits per heavy atom. The van der Waals surface area contributed by atoms with Gasteiger partial charge in [-0.1, -0.05) is 36.4 Å². The summed E-state index contributed by atoms with van der Waals surface area (Å²) in [5, 5.41) is 1.05. The van der Waals surface area contributed by atoms with E-state index in [-0.39, 0.29) is 0 Å². The molecule has 0 N–H and O–H groups in total. The molecule has 2 aromatic carbocycles. The predicted octanol–water partition coefficient (Wildman–Crippen LogP) is 5.57. The first kappa shape index (κ1) is 15.7. The maximum Gasteiger partial charge on any atom is 0.164 e. The molecule has 2 aliphatic carbocycles. The smallest absolute Gasteiger partial charge is 0.164 e. The molecule has 0 atom stereocenters. The lowest BCUT2D eigenvalue weighted by atomic mass is 9.96. The fourth-order valence-corrected chi connectivity index (χ4v) is 5.66. The number of nitrogens with zero attached hydrogens (tertiary/aromatic N) is 4. The molecule has 0 saturated heterocycles. The monoisotopic (exact) mass is 396 g/mol. The van der Waals surface area contributed by atoms with E-state index in [9.17, 15) is 0 Å². The molecule has 31 heavy (non-hydrogen) atoms. The summed E-state index contributed by atoms with van der Waals surface area (Å²) in [6.07, 6.45) is 5.56. The largest absolute Gasteiger partial charge is 0.288 e. The van der Waals surface area contributed by atoms with Gasteiger partial charge in [-0.15, -0.1) is 0 Å². The molecule has 144 valence electrons. The van der Waals surface area contributed by atoms with Gasteiger partial charge >= 0.3 is 0 Å². The van der Waals surface area contributed by atoms with E-state index < -0.39 is 0 Å². The Hall–Kier alpha value is -4.05. The highest BCUT2D eigenvalue weighted by atomic mass is 15.1. The fraction of sp³-hybridized carbons (Fsp3) is 0.0741. The standard InChI is InChI=1S/C27H16N4/c1-2-6-18-15(5-1)13-16-9-10-17-14-20-26(23(17)22(16)18)31-21-8-4-12-28-24(21)19-7-3-11-29-25(19)27(31)30-20/h1-12H,13-14H2. The molecule has 4 heterocycles. The van der Waals surface area contributed by atoms with Crippen molar-refractivity contribution < 1.29 is 0 Å². The Balaban J connectivity index is 1.59. The summed E-state index contributed by atoms with van der Waals surface area (Å²) in [6, 6.07) is 21.6. The number of rotatable bonds is 0. The van der Waals surface area contributed by atoms with Crippen molar-refractivity contribution in [2.45, 2.75) is 12.8 Å². The Labute approximate surface area is 177 Å². The van der Waals surface area contributed by atoms with Crippen LogP contribution in [0.15, 0.2) is 73.1 Å². The minimum atomic E-state index is 0.859. The molecule has 0 unspecified atom stereocenters. The second kappa shape index (κ2) is 5.35. The first-order chi connectivity index (χ1) is 15.4. The summed E-state index contributed by atoms with van der Waals surface area (Å²) in [6.45, 7) is 0. The number of hydrogen-bond donors (Lipinski definition) is 0. The van der Waals surface area contributed by atoms with Crippen LogP contribution >= 0.6 is 0 Å². The van der Waals surface area contributed by atoms with E-state index in [1.54, 1.807) is 0 Å². The first-order valence-electron chi connectivity index (χ1n) is 10.6. The van der Waals surface area contributed by atoms with Crippen LogP contribution in [0.1, 0.15) is 22.4 Å². The number of imidazole rings is 1. The van der Waals surface area contributed by atoms with Gasteiger partial charge in [0.2, 0.25) is 0 Å². The molecular formula is C27H16N4. The van der Waals surface area contributed by atoms with Crippen LogP contribution < -0.4 is 0 Å². The van der Waals surface area contributed by atoms with Crippen LogP contribution in [0, 0.1) is 0 Å². The molecule has 0 fully saturated rings. The van der Waals surface area contributed by atoms with E-state index >= 15 is 0 Å².